The minimum absolute atomic E-state index is 0. The minimum Gasteiger partial charge on any atom is -0.344 e. The van der Waals surface area contributed by atoms with E-state index in [4.69, 9.17) is 4.18 Å². The van der Waals surface area contributed by atoms with E-state index in [2.05, 4.69) is 6.92 Å². The van der Waals surface area contributed by atoms with Crippen molar-refractivity contribution in [1.29, 1.82) is 0 Å². The molecule has 0 radical (unpaired) electrons. The van der Waals surface area contributed by atoms with Gasteiger partial charge in [-0.3, -0.25) is 8.57 Å². The van der Waals surface area contributed by atoms with Gasteiger partial charge in [-0.1, -0.05) is 90.4 Å². The average molecular weight is 398 g/mol. The zero-order valence-electron chi connectivity index (χ0n) is 17.2. The molecule has 0 amide bonds. The van der Waals surface area contributed by atoms with E-state index in [1.807, 2.05) is 0 Å². The van der Waals surface area contributed by atoms with Crippen molar-refractivity contribution in [2.75, 3.05) is 19.0 Å². The minimum atomic E-state index is -3.34. The summed E-state index contributed by atoms with van der Waals surface area (Å²) in [6.07, 6.45) is 17.2. The molecule has 0 atom stereocenters. The Morgan fingerprint density at radius 3 is 1.58 bits per heavy atom. The lowest BCUT2D eigenvalue weighted by Gasteiger charge is -2.06. The van der Waals surface area contributed by atoms with Gasteiger partial charge in [-0.2, -0.15) is 8.42 Å². The molecular formula is C20H44FNO3S. The van der Waals surface area contributed by atoms with Gasteiger partial charge in [0.25, 0.3) is 10.1 Å². The number of hydrogen-bond donors (Lipinski definition) is 1. The molecule has 26 heavy (non-hydrogen) atoms. The van der Waals surface area contributed by atoms with Gasteiger partial charge >= 0.3 is 0 Å². The van der Waals surface area contributed by atoms with Crippen molar-refractivity contribution in [2.24, 2.45) is 0 Å². The van der Waals surface area contributed by atoms with E-state index >= 15 is 0 Å². The molecule has 0 rings (SSSR count). The lowest BCUT2D eigenvalue weighted by molar-refractivity contribution is 0.305. The Labute approximate surface area is 162 Å². The molecule has 0 fully saturated rings. The predicted molar refractivity (Wildman–Crippen MR) is 110 cm³/mol. The Morgan fingerprint density at radius 2 is 1.08 bits per heavy atom. The molecule has 3 N–H and O–H groups in total. The number of alkyl halides is 1. The lowest BCUT2D eigenvalue weighted by atomic mass is 10.1. The first-order chi connectivity index (χ1) is 12.1. The summed E-state index contributed by atoms with van der Waals surface area (Å²) in [5, 5.41) is 0. The number of hydrogen-bond acceptors (Lipinski definition) is 4. The van der Waals surface area contributed by atoms with E-state index in [1.54, 1.807) is 0 Å². The van der Waals surface area contributed by atoms with Crippen LogP contribution in [0.25, 0.3) is 0 Å². The number of halogens is 1. The Bertz CT molecular complexity index is 364. The highest BCUT2D eigenvalue weighted by Crippen LogP contribution is 2.11. The van der Waals surface area contributed by atoms with Crippen LogP contribution in [-0.2, 0) is 14.3 Å². The smallest absolute Gasteiger partial charge is 0.267 e. The van der Waals surface area contributed by atoms with Crippen LogP contribution in [-0.4, -0.2) is 27.5 Å². The third kappa shape index (κ3) is 21.8. The van der Waals surface area contributed by atoms with Gasteiger partial charge in [-0.25, -0.2) is 0 Å². The summed E-state index contributed by atoms with van der Waals surface area (Å²) in [7, 11) is -3.34. The maximum Gasteiger partial charge on any atom is 0.267 e. The van der Waals surface area contributed by atoms with Gasteiger partial charge in [-0.05, 0) is 19.3 Å². The lowest BCUT2D eigenvalue weighted by Crippen LogP contribution is -2.11. The maximum atomic E-state index is 11.9. The quantitative estimate of drug-likeness (QED) is 0.182. The van der Waals surface area contributed by atoms with Crippen molar-refractivity contribution in [2.45, 2.75) is 110 Å². The van der Waals surface area contributed by atoms with Gasteiger partial charge < -0.3 is 6.15 Å². The summed E-state index contributed by atoms with van der Waals surface area (Å²) in [5.41, 5.74) is 0. The van der Waals surface area contributed by atoms with Crippen LogP contribution >= 0.6 is 0 Å². The topological polar surface area (TPSA) is 78.4 Å². The van der Waals surface area contributed by atoms with E-state index in [0.29, 0.717) is 19.4 Å². The SMILES string of the molecule is CCCCCCCCCCCOS(=O)(=O)CCCCCCCCCF.N. The summed E-state index contributed by atoms with van der Waals surface area (Å²) in [6, 6.07) is 0. The van der Waals surface area contributed by atoms with Crippen molar-refractivity contribution in [3.8, 4) is 0 Å². The second-order valence-electron chi connectivity index (χ2n) is 7.08. The Hall–Kier alpha value is -0.200. The summed E-state index contributed by atoms with van der Waals surface area (Å²) >= 11 is 0. The van der Waals surface area contributed by atoms with E-state index in [9.17, 15) is 12.8 Å². The van der Waals surface area contributed by atoms with Gasteiger partial charge in [-0.15, -0.1) is 0 Å². The molecule has 0 saturated carbocycles. The molecule has 160 valence electrons. The molecule has 4 nitrogen and oxygen atoms in total. The molecule has 0 aliphatic carbocycles. The molecule has 0 aromatic heterocycles. The van der Waals surface area contributed by atoms with Gasteiger partial charge in [0.2, 0.25) is 0 Å². The van der Waals surface area contributed by atoms with Crippen LogP contribution in [0.4, 0.5) is 4.39 Å². The molecule has 0 spiro atoms. The van der Waals surface area contributed by atoms with Crippen molar-refractivity contribution in [1.82, 2.24) is 6.15 Å². The van der Waals surface area contributed by atoms with Crippen LogP contribution in [0.2, 0.25) is 0 Å². The molecule has 0 aliphatic heterocycles. The van der Waals surface area contributed by atoms with E-state index in [-0.39, 0.29) is 18.6 Å². The summed E-state index contributed by atoms with van der Waals surface area (Å²) < 4.78 is 40.6. The van der Waals surface area contributed by atoms with Crippen molar-refractivity contribution in [3.63, 3.8) is 0 Å². The van der Waals surface area contributed by atoms with E-state index in [1.165, 1.54) is 44.9 Å². The molecule has 0 heterocycles. The third-order valence-electron chi connectivity index (χ3n) is 4.54. The molecule has 0 aliphatic rings. The van der Waals surface area contributed by atoms with Crippen LogP contribution in [0, 0.1) is 0 Å². The fraction of sp³-hybridized carbons (Fsp3) is 1.00. The average Bonchev–Trinajstić information content (AvgIpc) is 2.59. The Kier molecular flexibility index (Phi) is 22.7. The van der Waals surface area contributed by atoms with E-state index < -0.39 is 10.1 Å². The highest BCUT2D eigenvalue weighted by atomic mass is 32.2. The first kappa shape index (κ1) is 28.0. The summed E-state index contributed by atoms with van der Waals surface area (Å²) in [6.45, 7) is 2.33. The van der Waals surface area contributed by atoms with Crippen LogP contribution in [0.3, 0.4) is 0 Å². The summed E-state index contributed by atoms with van der Waals surface area (Å²) in [4.78, 5) is 0. The number of rotatable bonds is 20. The Balaban J connectivity index is 0. The fourth-order valence-corrected chi connectivity index (χ4v) is 3.96. The number of unbranched alkanes of at least 4 members (excludes halogenated alkanes) is 14. The third-order valence-corrected chi connectivity index (χ3v) is 5.85. The molecule has 0 saturated heterocycles. The highest BCUT2D eigenvalue weighted by molar-refractivity contribution is 7.86. The van der Waals surface area contributed by atoms with E-state index in [0.717, 1.165) is 44.9 Å². The summed E-state index contributed by atoms with van der Waals surface area (Å²) in [5.74, 6) is 0.134. The molecular weight excluding hydrogens is 353 g/mol. The first-order valence-corrected chi connectivity index (χ1v) is 12.1. The van der Waals surface area contributed by atoms with Crippen LogP contribution in [0.1, 0.15) is 110 Å². The first-order valence-electron chi connectivity index (χ1n) is 10.6. The normalized spacial score (nSPS) is 11.5. The van der Waals surface area contributed by atoms with Gasteiger partial charge in [0.05, 0.1) is 19.0 Å². The van der Waals surface area contributed by atoms with Crippen molar-refractivity contribution < 1.29 is 17.0 Å². The van der Waals surface area contributed by atoms with Gasteiger partial charge in [0.15, 0.2) is 0 Å². The van der Waals surface area contributed by atoms with Crippen molar-refractivity contribution in [3.05, 3.63) is 0 Å². The molecule has 0 unspecified atom stereocenters. The largest absolute Gasteiger partial charge is 0.344 e. The molecule has 0 aromatic rings. The van der Waals surface area contributed by atoms with Crippen LogP contribution in [0.5, 0.6) is 0 Å². The molecule has 0 aromatic carbocycles. The second kappa shape index (κ2) is 21.1. The maximum absolute atomic E-state index is 11.9. The zero-order valence-corrected chi connectivity index (χ0v) is 18.0. The van der Waals surface area contributed by atoms with Gasteiger partial charge in [0.1, 0.15) is 0 Å². The Morgan fingerprint density at radius 1 is 0.654 bits per heavy atom. The second-order valence-corrected chi connectivity index (χ2v) is 8.84. The fourth-order valence-electron chi connectivity index (χ4n) is 2.91. The monoisotopic (exact) mass is 397 g/mol. The van der Waals surface area contributed by atoms with Crippen LogP contribution < -0.4 is 6.15 Å². The zero-order chi connectivity index (χ0) is 18.6. The standard InChI is InChI=1S/C20H41FO3S.H3N/c1-2-3-4-5-6-7-10-13-16-19-24-25(22,23)20-17-14-11-8-9-12-15-18-21;/h2-20H2,1H3;1H3. The van der Waals surface area contributed by atoms with Crippen molar-refractivity contribution >= 4 is 10.1 Å². The predicted octanol–water partition coefficient (Wildman–Crippen LogP) is 6.73. The molecule has 6 heteroatoms. The highest BCUT2D eigenvalue weighted by Gasteiger charge is 2.10. The van der Waals surface area contributed by atoms with Gasteiger partial charge in [0, 0.05) is 0 Å². The molecule has 0 bridgehead atoms. The van der Waals surface area contributed by atoms with Crippen LogP contribution in [0.15, 0.2) is 0 Å².